The Morgan fingerprint density at radius 3 is 2.33 bits per heavy atom. The first-order valence-corrected chi connectivity index (χ1v) is 8.92. The van der Waals surface area contributed by atoms with Crippen molar-refractivity contribution in [3.05, 3.63) is 70.8 Å². The van der Waals surface area contributed by atoms with E-state index in [1.165, 1.54) is 39.6 Å². The summed E-state index contributed by atoms with van der Waals surface area (Å²) in [5.74, 6) is 1.42. The van der Waals surface area contributed by atoms with Crippen LogP contribution in [0.25, 0.3) is 0 Å². The van der Waals surface area contributed by atoms with Gasteiger partial charge in [0.2, 0.25) is 0 Å². The van der Waals surface area contributed by atoms with Gasteiger partial charge in [-0.1, -0.05) is 17.7 Å². The number of aromatic nitrogens is 3. The largest absolute Gasteiger partial charge is 0.490 e. The predicted octanol–water partition coefficient (Wildman–Crippen LogP) is 4.06. The normalized spacial score (nSPS) is 11.1. The van der Waals surface area contributed by atoms with Crippen LogP contribution in [0, 0.1) is 20.8 Å². The molecular weight excluding hydrogens is 340 g/mol. The van der Waals surface area contributed by atoms with Gasteiger partial charge >= 0.3 is 0 Å². The molecule has 0 unspecified atom stereocenters. The Hall–Kier alpha value is -3.15. The molecule has 3 aromatic rings. The molecule has 0 aliphatic carbocycles. The Labute approximate surface area is 159 Å². The van der Waals surface area contributed by atoms with Crippen molar-refractivity contribution >= 4 is 6.21 Å². The number of hydrogen-bond donors (Lipinski definition) is 0. The Morgan fingerprint density at radius 1 is 0.963 bits per heavy atom. The minimum atomic E-state index is 0.506. The van der Waals surface area contributed by atoms with Crippen LogP contribution in [0.5, 0.6) is 11.5 Å². The minimum Gasteiger partial charge on any atom is -0.490 e. The number of hydrogen-bond acceptors (Lipinski definition) is 5. The SMILES string of the molecule is CCOc1cc(/C=N\n2cnnc2)ccc1OCc1c(C)cc(C)cc1C. The van der Waals surface area contributed by atoms with Gasteiger partial charge in [0.05, 0.1) is 12.8 Å². The van der Waals surface area contributed by atoms with Gasteiger partial charge in [-0.15, -0.1) is 10.2 Å². The standard InChI is InChI=1S/C21H24N4O2/c1-5-26-21-10-18(11-24-25-13-22-23-14-25)6-7-20(21)27-12-19-16(3)8-15(2)9-17(19)4/h6-11,13-14H,5,12H2,1-4H3/b24-11-. The monoisotopic (exact) mass is 364 g/mol. The van der Waals surface area contributed by atoms with E-state index in [4.69, 9.17) is 9.47 Å². The van der Waals surface area contributed by atoms with E-state index in [1.807, 2.05) is 25.1 Å². The molecular formula is C21H24N4O2. The number of aryl methyl sites for hydroxylation is 3. The number of nitrogens with zero attached hydrogens (tertiary/aromatic N) is 4. The van der Waals surface area contributed by atoms with Crippen LogP contribution in [-0.4, -0.2) is 27.7 Å². The summed E-state index contributed by atoms with van der Waals surface area (Å²) in [7, 11) is 0. The lowest BCUT2D eigenvalue weighted by molar-refractivity contribution is 0.268. The third kappa shape index (κ3) is 4.73. The Bertz CT molecular complexity index is 910. The van der Waals surface area contributed by atoms with E-state index in [-0.39, 0.29) is 0 Å². The fourth-order valence-corrected chi connectivity index (χ4v) is 2.97. The zero-order valence-electron chi connectivity index (χ0n) is 16.1. The first-order valence-electron chi connectivity index (χ1n) is 8.92. The second kappa shape index (κ2) is 8.49. The van der Waals surface area contributed by atoms with E-state index in [9.17, 15) is 0 Å². The molecule has 0 N–H and O–H groups in total. The molecule has 140 valence electrons. The van der Waals surface area contributed by atoms with Gasteiger partial charge in [0, 0.05) is 0 Å². The third-order valence-electron chi connectivity index (χ3n) is 4.23. The van der Waals surface area contributed by atoms with Gasteiger partial charge < -0.3 is 9.47 Å². The van der Waals surface area contributed by atoms with Crippen LogP contribution >= 0.6 is 0 Å². The summed E-state index contributed by atoms with van der Waals surface area (Å²) >= 11 is 0. The van der Waals surface area contributed by atoms with Gasteiger partial charge in [0.1, 0.15) is 19.3 Å². The summed E-state index contributed by atoms with van der Waals surface area (Å²) in [6, 6.07) is 10.1. The number of rotatable bonds is 7. The minimum absolute atomic E-state index is 0.506. The van der Waals surface area contributed by atoms with Crippen molar-refractivity contribution in [2.45, 2.75) is 34.3 Å². The summed E-state index contributed by atoms with van der Waals surface area (Å²) in [6.45, 7) is 9.37. The van der Waals surface area contributed by atoms with Crippen LogP contribution in [0.2, 0.25) is 0 Å². The van der Waals surface area contributed by atoms with E-state index >= 15 is 0 Å². The van der Waals surface area contributed by atoms with Gasteiger partial charge in [-0.3, -0.25) is 0 Å². The summed E-state index contributed by atoms with van der Waals surface area (Å²) in [6.07, 6.45) is 4.79. The van der Waals surface area contributed by atoms with E-state index in [0.717, 1.165) is 11.3 Å². The lowest BCUT2D eigenvalue weighted by atomic mass is 10.0. The molecule has 0 amide bonds. The molecule has 1 aromatic heterocycles. The molecule has 0 fully saturated rings. The maximum absolute atomic E-state index is 6.09. The highest BCUT2D eigenvalue weighted by molar-refractivity contribution is 5.80. The van der Waals surface area contributed by atoms with Crippen molar-refractivity contribution in [2.24, 2.45) is 5.10 Å². The van der Waals surface area contributed by atoms with Crippen molar-refractivity contribution in [1.82, 2.24) is 14.9 Å². The quantitative estimate of drug-likeness (QED) is 0.593. The van der Waals surface area contributed by atoms with Crippen molar-refractivity contribution in [1.29, 1.82) is 0 Å². The second-order valence-corrected chi connectivity index (χ2v) is 6.39. The maximum Gasteiger partial charge on any atom is 0.161 e. The predicted molar refractivity (Wildman–Crippen MR) is 106 cm³/mol. The second-order valence-electron chi connectivity index (χ2n) is 6.39. The Balaban J connectivity index is 1.79. The molecule has 2 aromatic carbocycles. The van der Waals surface area contributed by atoms with Crippen LogP contribution in [0.1, 0.15) is 34.7 Å². The molecule has 0 atom stereocenters. The lowest BCUT2D eigenvalue weighted by Gasteiger charge is -2.15. The summed E-state index contributed by atoms with van der Waals surface area (Å²) in [4.78, 5) is 0. The fraction of sp³-hybridized carbons (Fsp3) is 0.286. The van der Waals surface area contributed by atoms with E-state index in [2.05, 4.69) is 48.2 Å². The van der Waals surface area contributed by atoms with Gasteiger partial charge in [-0.25, -0.2) is 4.68 Å². The van der Waals surface area contributed by atoms with Gasteiger partial charge in [-0.2, -0.15) is 5.10 Å². The molecule has 6 heteroatoms. The highest BCUT2D eigenvalue weighted by Gasteiger charge is 2.09. The molecule has 0 spiro atoms. The van der Waals surface area contributed by atoms with Crippen LogP contribution in [-0.2, 0) is 6.61 Å². The van der Waals surface area contributed by atoms with Crippen molar-refractivity contribution in [2.75, 3.05) is 6.61 Å². The average molecular weight is 364 g/mol. The number of benzene rings is 2. The molecule has 1 heterocycles. The summed E-state index contributed by atoms with van der Waals surface area (Å²) in [5.41, 5.74) is 5.86. The molecule has 27 heavy (non-hydrogen) atoms. The zero-order chi connectivity index (χ0) is 19.2. The van der Waals surface area contributed by atoms with Gasteiger partial charge in [-0.05, 0) is 68.1 Å². The lowest BCUT2D eigenvalue weighted by Crippen LogP contribution is -2.04. The Morgan fingerprint density at radius 2 is 1.67 bits per heavy atom. The zero-order valence-corrected chi connectivity index (χ0v) is 16.1. The fourth-order valence-electron chi connectivity index (χ4n) is 2.97. The van der Waals surface area contributed by atoms with E-state index in [1.54, 1.807) is 6.21 Å². The first kappa shape index (κ1) is 18.6. The maximum atomic E-state index is 6.09. The highest BCUT2D eigenvalue weighted by Crippen LogP contribution is 2.29. The van der Waals surface area contributed by atoms with Gasteiger partial charge in [0.25, 0.3) is 0 Å². The van der Waals surface area contributed by atoms with Crippen LogP contribution in [0.15, 0.2) is 48.1 Å². The molecule has 0 aliphatic rings. The molecule has 0 aliphatic heterocycles. The van der Waals surface area contributed by atoms with Crippen molar-refractivity contribution < 1.29 is 9.47 Å². The van der Waals surface area contributed by atoms with Crippen molar-refractivity contribution in [3.63, 3.8) is 0 Å². The number of ether oxygens (including phenoxy) is 2. The third-order valence-corrected chi connectivity index (χ3v) is 4.23. The molecule has 3 rings (SSSR count). The van der Waals surface area contributed by atoms with Crippen molar-refractivity contribution in [3.8, 4) is 11.5 Å². The molecule has 6 nitrogen and oxygen atoms in total. The van der Waals surface area contributed by atoms with E-state index in [0.29, 0.717) is 19.0 Å². The molecule has 0 saturated carbocycles. The summed E-state index contributed by atoms with van der Waals surface area (Å²) < 4.78 is 13.4. The highest BCUT2D eigenvalue weighted by atomic mass is 16.5. The summed E-state index contributed by atoms with van der Waals surface area (Å²) in [5, 5.41) is 11.7. The van der Waals surface area contributed by atoms with Crippen LogP contribution < -0.4 is 9.47 Å². The molecule has 0 bridgehead atoms. The molecule has 0 saturated heterocycles. The van der Waals surface area contributed by atoms with Crippen LogP contribution in [0.3, 0.4) is 0 Å². The van der Waals surface area contributed by atoms with Crippen LogP contribution in [0.4, 0.5) is 0 Å². The Kier molecular flexibility index (Phi) is 5.86. The average Bonchev–Trinajstić information content (AvgIpc) is 3.14. The molecule has 0 radical (unpaired) electrons. The topological polar surface area (TPSA) is 61.5 Å². The smallest absolute Gasteiger partial charge is 0.161 e. The first-order chi connectivity index (χ1) is 13.1. The van der Waals surface area contributed by atoms with E-state index < -0.39 is 0 Å². The van der Waals surface area contributed by atoms with Gasteiger partial charge in [0.15, 0.2) is 11.5 Å².